The highest BCUT2D eigenvalue weighted by atomic mass is 16.4. The van der Waals surface area contributed by atoms with Crippen LogP contribution in [0.2, 0.25) is 0 Å². The Morgan fingerprint density at radius 2 is 2.20 bits per heavy atom. The van der Waals surface area contributed by atoms with Crippen LogP contribution < -0.4 is 10.6 Å². The van der Waals surface area contributed by atoms with Gasteiger partial charge in [0, 0.05) is 32.2 Å². The van der Waals surface area contributed by atoms with E-state index in [-0.39, 0.29) is 6.03 Å². The molecule has 0 bridgehead atoms. The first kappa shape index (κ1) is 10.0. The molecular formula is C10H15N3O2. The maximum Gasteiger partial charge on any atom is 0.324 e. The lowest BCUT2D eigenvalue weighted by atomic mass is 10.4. The zero-order valence-electron chi connectivity index (χ0n) is 8.75. The van der Waals surface area contributed by atoms with E-state index < -0.39 is 0 Å². The van der Waals surface area contributed by atoms with E-state index in [1.165, 1.54) is 0 Å². The van der Waals surface area contributed by atoms with E-state index in [1.807, 2.05) is 13.0 Å². The Hall–Kier alpha value is -1.49. The van der Waals surface area contributed by atoms with Gasteiger partial charge in [-0.1, -0.05) is 0 Å². The molecule has 1 aliphatic heterocycles. The van der Waals surface area contributed by atoms with Gasteiger partial charge in [-0.05, 0) is 13.0 Å². The first-order valence-corrected chi connectivity index (χ1v) is 5.09. The maximum atomic E-state index is 11.7. The van der Waals surface area contributed by atoms with Crippen molar-refractivity contribution in [2.75, 3.05) is 31.5 Å². The summed E-state index contributed by atoms with van der Waals surface area (Å²) < 4.78 is 5.27. The molecule has 0 saturated carbocycles. The number of nitrogens with zero attached hydrogens (tertiary/aromatic N) is 1. The van der Waals surface area contributed by atoms with Crippen LogP contribution >= 0.6 is 0 Å². The van der Waals surface area contributed by atoms with Gasteiger partial charge in [0.25, 0.3) is 0 Å². The van der Waals surface area contributed by atoms with E-state index in [1.54, 1.807) is 11.0 Å². The fourth-order valence-corrected chi connectivity index (χ4v) is 1.55. The molecule has 2 rings (SSSR count). The normalized spacial score (nSPS) is 16.5. The summed E-state index contributed by atoms with van der Waals surface area (Å²) in [4.78, 5) is 13.5. The summed E-state index contributed by atoms with van der Waals surface area (Å²) in [6, 6.07) is 3.49. The number of nitrogens with one attached hydrogen (secondary N) is 2. The van der Waals surface area contributed by atoms with Crippen molar-refractivity contribution in [3.05, 3.63) is 17.9 Å². The third-order valence-electron chi connectivity index (χ3n) is 2.37. The number of carbonyl (C=O) groups is 1. The Bertz CT molecular complexity index is 342. The van der Waals surface area contributed by atoms with Crippen molar-refractivity contribution in [1.29, 1.82) is 0 Å². The highest BCUT2D eigenvalue weighted by Gasteiger charge is 2.16. The molecular weight excluding hydrogens is 194 g/mol. The van der Waals surface area contributed by atoms with Crippen molar-refractivity contribution in [1.82, 2.24) is 10.2 Å². The van der Waals surface area contributed by atoms with E-state index in [0.29, 0.717) is 5.88 Å². The Morgan fingerprint density at radius 1 is 1.47 bits per heavy atom. The second-order valence-corrected chi connectivity index (χ2v) is 3.58. The molecule has 0 aliphatic carbocycles. The standard InChI is InChI=1S/C10H15N3O2/c1-8-2-3-9(15-8)12-10(14)13-6-4-11-5-7-13/h2-3,11H,4-7H2,1H3,(H,12,14). The second kappa shape index (κ2) is 4.35. The van der Waals surface area contributed by atoms with Crippen LogP contribution in [0.1, 0.15) is 5.76 Å². The van der Waals surface area contributed by atoms with E-state index in [2.05, 4.69) is 10.6 Å². The molecule has 0 atom stereocenters. The monoisotopic (exact) mass is 209 g/mol. The minimum Gasteiger partial charge on any atom is -0.446 e. The third kappa shape index (κ3) is 2.50. The van der Waals surface area contributed by atoms with Crippen LogP contribution in [0.4, 0.5) is 10.7 Å². The minimum atomic E-state index is -0.0918. The summed E-state index contributed by atoms with van der Waals surface area (Å²) >= 11 is 0. The van der Waals surface area contributed by atoms with Crippen molar-refractivity contribution in [2.45, 2.75) is 6.92 Å². The smallest absolute Gasteiger partial charge is 0.324 e. The average Bonchev–Trinajstić information content (AvgIpc) is 2.65. The molecule has 1 aromatic rings. The number of amides is 2. The summed E-state index contributed by atoms with van der Waals surface area (Å²) in [6.07, 6.45) is 0. The molecule has 1 fully saturated rings. The first-order chi connectivity index (χ1) is 7.25. The summed E-state index contributed by atoms with van der Waals surface area (Å²) in [7, 11) is 0. The Balaban J connectivity index is 1.91. The quantitative estimate of drug-likeness (QED) is 0.726. The highest BCUT2D eigenvalue weighted by Crippen LogP contribution is 2.12. The lowest BCUT2D eigenvalue weighted by Gasteiger charge is -2.26. The summed E-state index contributed by atoms with van der Waals surface area (Å²) in [6.45, 7) is 5.03. The molecule has 0 spiro atoms. The van der Waals surface area contributed by atoms with Gasteiger partial charge in [0.05, 0.1) is 0 Å². The average molecular weight is 209 g/mol. The van der Waals surface area contributed by atoms with Crippen molar-refractivity contribution >= 4 is 11.9 Å². The van der Waals surface area contributed by atoms with Crippen molar-refractivity contribution in [3.63, 3.8) is 0 Å². The molecule has 2 heterocycles. The van der Waals surface area contributed by atoms with Gasteiger partial charge in [-0.25, -0.2) is 4.79 Å². The molecule has 2 amide bonds. The number of furan rings is 1. The third-order valence-corrected chi connectivity index (χ3v) is 2.37. The van der Waals surface area contributed by atoms with Crippen LogP contribution in [-0.2, 0) is 0 Å². The van der Waals surface area contributed by atoms with Crippen molar-refractivity contribution in [3.8, 4) is 0 Å². The van der Waals surface area contributed by atoms with Gasteiger partial charge in [0.2, 0.25) is 5.88 Å². The van der Waals surface area contributed by atoms with Crippen LogP contribution in [0.25, 0.3) is 0 Å². The number of urea groups is 1. The Kier molecular flexibility index (Phi) is 2.91. The highest BCUT2D eigenvalue weighted by molar-refractivity contribution is 5.87. The molecule has 1 aliphatic rings. The van der Waals surface area contributed by atoms with Gasteiger partial charge in [-0.3, -0.25) is 5.32 Å². The lowest BCUT2D eigenvalue weighted by molar-refractivity contribution is 0.203. The number of rotatable bonds is 1. The fraction of sp³-hybridized carbons (Fsp3) is 0.500. The topological polar surface area (TPSA) is 57.5 Å². The van der Waals surface area contributed by atoms with Crippen LogP contribution in [0.15, 0.2) is 16.5 Å². The van der Waals surface area contributed by atoms with Crippen molar-refractivity contribution < 1.29 is 9.21 Å². The molecule has 5 nitrogen and oxygen atoms in total. The number of carbonyl (C=O) groups excluding carboxylic acids is 1. The number of piperazine rings is 1. The van der Waals surface area contributed by atoms with E-state index in [9.17, 15) is 4.79 Å². The SMILES string of the molecule is Cc1ccc(NC(=O)N2CCNCC2)o1. The molecule has 15 heavy (non-hydrogen) atoms. The molecule has 1 saturated heterocycles. The van der Waals surface area contributed by atoms with Gasteiger partial charge in [0.1, 0.15) is 5.76 Å². The van der Waals surface area contributed by atoms with Gasteiger partial charge in [-0.2, -0.15) is 0 Å². The van der Waals surface area contributed by atoms with Crippen LogP contribution in [0, 0.1) is 6.92 Å². The van der Waals surface area contributed by atoms with Crippen LogP contribution in [0.5, 0.6) is 0 Å². The Labute approximate surface area is 88.4 Å². The van der Waals surface area contributed by atoms with E-state index in [4.69, 9.17) is 4.42 Å². The van der Waals surface area contributed by atoms with Gasteiger partial charge < -0.3 is 14.6 Å². The Morgan fingerprint density at radius 3 is 2.80 bits per heavy atom. The number of anilines is 1. The lowest BCUT2D eigenvalue weighted by Crippen LogP contribution is -2.48. The number of hydrogen-bond donors (Lipinski definition) is 2. The number of aryl methyl sites for hydroxylation is 1. The first-order valence-electron chi connectivity index (χ1n) is 5.09. The molecule has 2 N–H and O–H groups in total. The molecule has 0 radical (unpaired) electrons. The van der Waals surface area contributed by atoms with E-state index >= 15 is 0 Å². The molecule has 0 aromatic carbocycles. The van der Waals surface area contributed by atoms with Gasteiger partial charge in [0.15, 0.2) is 0 Å². The zero-order chi connectivity index (χ0) is 10.7. The zero-order valence-corrected chi connectivity index (χ0v) is 8.75. The predicted octanol–water partition coefficient (Wildman–Crippen LogP) is 1.03. The summed E-state index contributed by atoms with van der Waals surface area (Å²) in [5.41, 5.74) is 0. The van der Waals surface area contributed by atoms with E-state index in [0.717, 1.165) is 31.9 Å². The molecule has 1 aromatic heterocycles. The minimum absolute atomic E-state index is 0.0918. The summed E-state index contributed by atoms with van der Waals surface area (Å²) in [5, 5.41) is 5.92. The van der Waals surface area contributed by atoms with Gasteiger partial charge >= 0.3 is 6.03 Å². The predicted molar refractivity (Wildman–Crippen MR) is 56.9 cm³/mol. The van der Waals surface area contributed by atoms with Crippen LogP contribution in [0.3, 0.4) is 0 Å². The molecule has 82 valence electrons. The van der Waals surface area contributed by atoms with Crippen molar-refractivity contribution in [2.24, 2.45) is 0 Å². The largest absolute Gasteiger partial charge is 0.446 e. The van der Waals surface area contributed by atoms with Gasteiger partial charge in [-0.15, -0.1) is 0 Å². The molecule has 0 unspecified atom stereocenters. The second-order valence-electron chi connectivity index (χ2n) is 3.58. The molecule has 5 heteroatoms. The van der Waals surface area contributed by atoms with Crippen LogP contribution in [-0.4, -0.2) is 37.1 Å². The number of hydrogen-bond acceptors (Lipinski definition) is 3. The summed E-state index contributed by atoms with van der Waals surface area (Å²) in [5.74, 6) is 1.31. The maximum absolute atomic E-state index is 11.7. The fourth-order valence-electron chi connectivity index (χ4n) is 1.55.